The first-order valence-corrected chi connectivity index (χ1v) is 10.7. The first-order chi connectivity index (χ1) is 15.0. The molecule has 0 spiro atoms. The second-order valence-corrected chi connectivity index (χ2v) is 8.14. The summed E-state index contributed by atoms with van der Waals surface area (Å²) in [5, 5.41) is 3.10. The molecule has 0 bridgehead atoms. The van der Waals surface area contributed by atoms with Crippen LogP contribution in [0.3, 0.4) is 0 Å². The molecule has 3 aromatic rings. The minimum absolute atomic E-state index is 0.00809. The lowest BCUT2D eigenvalue weighted by Crippen LogP contribution is -2.36. The molecule has 4 rings (SSSR count). The lowest BCUT2D eigenvalue weighted by Gasteiger charge is -2.21. The van der Waals surface area contributed by atoms with Gasteiger partial charge in [0, 0.05) is 18.7 Å². The van der Waals surface area contributed by atoms with Crippen molar-refractivity contribution in [1.82, 2.24) is 15.3 Å². The highest BCUT2D eigenvalue weighted by molar-refractivity contribution is 6.01. The van der Waals surface area contributed by atoms with Crippen LogP contribution in [0.2, 0.25) is 0 Å². The van der Waals surface area contributed by atoms with E-state index in [1.54, 1.807) is 11.1 Å². The Morgan fingerprint density at radius 1 is 1.19 bits per heavy atom. The van der Waals surface area contributed by atoms with Crippen molar-refractivity contribution >= 4 is 17.5 Å². The van der Waals surface area contributed by atoms with E-state index < -0.39 is 0 Å². The Balaban J connectivity index is 1.46. The van der Waals surface area contributed by atoms with Gasteiger partial charge in [0.05, 0.1) is 23.9 Å². The highest BCUT2D eigenvalue weighted by Crippen LogP contribution is 2.30. The fourth-order valence-electron chi connectivity index (χ4n) is 4.08. The van der Waals surface area contributed by atoms with Crippen LogP contribution < -0.4 is 10.2 Å². The smallest absolute Gasteiger partial charge is 0.227 e. The molecule has 2 amide bonds. The second kappa shape index (κ2) is 8.76. The van der Waals surface area contributed by atoms with Gasteiger partial charge in [-0.15, -0.1) is 0 Å². The van der Waals surface area contributed by atoms with Crippen molar-refractivity contribution in [3.05, 3.63) is 71.7 Å². The van der Waals surface area contributed by atoms with E-state index in [9.17, 15) is 9.59 Å². The lowest BCUT2D eigenvalue weighted by atomic mass is 10.1. The van der Waals surface area contributed by atoms with Crippen LogP contribution in [-0.4, -0.2) is 28.3 Å². The predicted molar refractivity (Wildman–Crippen MR) is 122 cm³/mol. The summed E-state index contributed by atoms with van der Waals surface area (Å²) in [7, 11) is 0. The molecular formula is C25H28N4O2. The molecule has 160 valence electrons. The predicted octanol–water partition coefficient (Wildman–Crippen LogP) is 4.31. The monoisotopic (exact) mass is 416 g/mol. The molecule has 0 radical (unpaired) electrons. The van der Waals surface area contributed by atoms with Crippen LogP contribution in [0.4, 0.5) is 5.69 Å². The minimum Gasteiger partial charge on any atom is -0.346 e. The van der Waals surface area contributed by atoms with E-state index in [0.717, 1.165) is 33.9 Å². The van der Waals surface area contributed by atoms with Crippen LogP contribution in [0.25, 0.3) is 11.3 Å². The lowest BCUT2D eigenvalue weighted by molar-refractivity contribution is -0.127. The van der Waals surface area contributed by atoms with E-state index in [1.807, 2.05) is 69.3 Å². The molecular weight excluding hydrogens is 388 g/mol. The van der Waals surface area contributed by atoms with E-state index in [0.29, 0.717) is 13.0 Å². The van der Waals surface area contributed by atoms with Gasteiger partial charge in [-0.05, 0) is 43.0 Å². The van der Waals surface area contributed by atoms with Gasteiger partial charge in [0.15, 0.2) is 0 Å². The van der Waals surface area contributed by atoms with Crippen molar-refractivity contribution in [2.24, 2.45) is 5.92 Å². The molecule has 1 aromatic heterocycles. The highest BCUT2D eigenvalue weighted by Gasteiger charge is 2.36. The topological polar surface area (TPSA) is 78.1 Å². The number of benzene rings is 2. The molecule has 2 aromatic carbocycles. The summed E-state index contributed by atoms with van der Waals surface area (Å²) in [4.78, 5) is 35.2. The number of nitrogens with zero attached hydrogens (tertiary/aromatic N) is 2. The van der Waals surface area contributed by atoms with Gasteiger partial charge in [0.25, 0.3) is 0 Å². The highest BCUT2D eigenvalue weighted by atomic mass is 16.2. The molecule has 2 N–H and O–H groups in total. The molecule has 1 aliphatic heterocycles. The van der Waals surface area contributed by atoms with Crippen LogP contribution in [0.5, 0.6) is 0 Å². The summed E-state index contributed by atoms with van der Waals surface area (Å²) in [6.07, 6.45) is 2.72. The number of H-pyrrole nitrogens is 1. The summed E-state index contributed by atoms with van der Waals surface area (Å²) < 4.78 is 0. The summed E-state index contributed by atoms with van der Waals surface area (Å²) in [5.41, 5.74) is 5.07. The van der Waals surface area contributed by atoms with Crippen LogP contribution >= 0.6 is 0 Å². The second-order valence-electron chi connectivity index (χ2n) is 8.14. The zero-order valence-corrected chi connectivity index (χ0v) is 18.2. The maximum absolute atomic E-state index is 13.0. The van der Waals surface area contributed by atoms with E-state index in [4.69, 9.17) is 0 Å². The van der Waals surface area contributed by atoms with Crippen LogP contribution in [0.1, 0.15) is 42.8 Å². The molecule has 2 heterocycles. The Morgan fingerprint density at radius 3 is 2.71 bits per heavy atom. The molecule has 1 fully saturated rings. The largest absolute Gasteiger partial charge is 0.346 e. The fraction of sp³-hybridized carbons (Fsp3) is 0.320. The van der Waals surface area contributed by atoms with Crippen LogP contribution in [0.15, 0.2) is 54.7 Å². The van der Waals surface area contributed by atoms with Crippen molar-refractivity contribution in [3.63, 3.8) is 0 Å². The average molecular weight is 417 g/mol. The Kier molecular flexibility index (Phi) is 5.89. The molecule has 0 aliphatic carbocycles. The van der Waals surface area contributed by atoms with E-state index >= 15 is 0 Å². The number of anilines is 1. The number of carbonyl (C=O) groups is 2. The molecule has 31 heavy (non-hydrogen) atoms. The minimum atomic E-state index is -0.370. The number of amides is 2. The Morgan fingerprint density at radius 2 is 1.97 bits per heavy atom. The number of aromatic nitrogens is 2. The maximum Gasteiger partial charge on any atom is 0.227 e. The Bertz CT molecular complexity index is 1090. The van der Waals surface area contributed by atoms with Crippen LogP contribution in [0, 0.1) is 19.8 Å². The molecule has 6 nitrogen and oxygen atoms in total. The molecule has 6 heteroatoms. The summed E-state index contributed by atoms with van der Waals surface area (Å²) >= 11 is 0. The fourth-order valence-corrected chi connectivity index (χ4v) is 4.08. The van der Waals surface area contributed by atoms with Crippen molar-refractivity contribution in [2.45, 2.75) is 39.7 Å². The first-order valence-electron chi connectivity index (χ1n) is 10.7. The van der Waals surface area contributed by atoms with Crippen molar-refractivity contribution in [2.75, 3.05) is 11.4 Å². The number of imidazole rings is 1. The normalized spacial score (nSPS) is 17.1. The van der Waals surface area contributed by atoms with Crippen molar-refractivity contribution < 1.29 is 9.59 Å². The number of carbonyl (C=O) groups excluding carboxylic acids is 2. The first kappa shape index (κ1) is 20.8. The van der Waals surface area contributed by atoms with Crippen molar-refractivity contribution in [3.8, 4) is 11.3 Å². The van der Waals surface area contributed by atoms with Crippen LogP contribution in [-0.2, 0) is 9.59 Å². The van der Waals surface area contributed by atoms with Gasteiger partial charge in [0.1, 0.15) is 5.82 Å². The SMILES string of the molecule is CCC(NC(=O)C1CC(=O)N(c2cccc(C)c2C)C1)c1ncc(-c2ccccc2)[nH]1. The Labute approximate surface area is 182 Å². The standard InChI is InChI=1S/C25H28N4O2/c1-4-20(24-26-14-21(27-24)18-10-6-5-7-11-18)28-25(31)19-13-23(30)29(15-19)22-12-8-9-16(2)17(22)3/h5-12,14,19-20H,4,13,15H2,1-3H3,(H,26,27)(H,28,31). The third-order valence-electron chi connectivity index (χ3n) is 6.10. The number of hydrogen-bond donors (Lipinski definition) is 2. The van der Waals surface area contributed by atoms with Gasteiger partial charge >= 0.3 is 0 Å². The molecule has 1 aliphatic rings. The van der Waals surface area contributed by atoms with Gasteiger partial charge in [0.2, 0.25) is 11.8 Å². The molecule has 2 unspecified atom stereocenters. The molecule has 0 saturated carbocycles. The molecule has 2 atom stereocenters. The third kappa shape index (κ3) is 4.24. The van der Waals surface area contributed by atoms with Gasteiger partial charge in [-0.3, -0.25) is 9.59 Å². The summed E-state index contributed by atoms with van der Waals surface area (Å²) in [6, 6.07) is 15.7. The summed E-state index contributed by atoms with van der Waals surface area (Å²) in [6.45, 7) is 6.46. The quantitative estimate of drug-likeness (QED) is 0.628. The van der Waals surface area contributed by atoms with Gasteiger partial charge < -0.3 is 15.2 Å². The van der Waals surface area contributed by atoms with Gasteiger partial charge in [-0.25, -0.2) is 4.98 Å². The third-order valence-corrected chi connectivity index (χ3v) is 6.10. The van der Waals surface area contributed by atoms with Gasteiger partial charge in [-0.1, -0.05) is 49.4 Å². The van der Waals surface area contributed by atoms with Gasteiger partial charge in [-0.2, -0.15) is 0 Å². The summed E-state index contributed by atoms with van der Waals surface area (Å²) in [5.74, 6) is 0.243. The maximum atomic E-state index is 13.0. The number of hydrogen-bond acceptors (Lipinski definition) is 3. The average Bonchev–Trinajstić information content (AvgIpc) is 3.42. The number of nitrogens with one attached hydrogen (secondary N) is 2. The van der Waals surface area contributed by atoms with Crippen molar-refractivity contribution in [1.29, 1.82) is 0 Å². The number of rotatable bonds is 6. The number of aromatic amines is 1. The Hall–Kier alpha value is -3.41. The van der Waals surface area contributed by atoms with E-state index in [-0.39, 0.29) is 30.2 Å². The number of aryl methyl sites for hydroxylation is 1. The molecule has 1 saturated heterocycles. The van der Waals surface area contributed by atoms with E-state index in [2.05, 4.69) is 15.3 Å². The zero-order chi connectivity index (χ0) is 22.0. The zero-order valence-electron chi connectivity index (χ0n) is 18.2. The van der Waals surface area contributed by atoms with E-state index in [1.165, 1.54) is 0 Å².